The number of aromatic nitrogens is 1. The number of nitrogens with one attached hydrogen (secondary N) is 1. The third-order valence-corrected chi connectivity index (χ3v) is 1.76. The molecule has 1 aromatic heterocycles. The fraction of sp³-hybridized carbons (Fsp3) is 0.200. The van der Waals surface area contributed by atoms with Crippen LogP contribution in [0.5, 0.6) is 0 Å². The standard InChI is InChI=1S/C10H10ClN3/c1-8(11)6-13-7-9-3-2-4-14-10(9)5-12/h2-4,13H,1,6-7H2. The van der Waals surface area contributed by atoms with Crippen molar-refractivity contribution in [2.45, 2.75) is 6.54 Å². The summed E-state index contributed by atoms with van der Waals surface area (Å²) >= 11 is 5.58. The van der Waals surface area contributed by atoms with E-state index >= 15 is 0 Å². The van der Waals surface area contributed by atoms with Gasteiger partial charge in [0.1, 0.15) is 11.8 Å². The molecular weight excluding hydrogens is 198 g/mol. The van der Waals surface area contributed by atoms with E-state index in [0.717, 1.165) is 5.56 Å². The van der Waals surface area contributed by atoms with Crippen LogP contribution in [0.2, 0.25) is 0 Å². The average molecular weight is 208 g/mol. The minimum Gasteiger partial charge on any atom is -0.308 e. The summed E-state index contributed by atoms with van der Waals surface area (Å²) in [6.45, 7) is 4.65. The minimum atomic E-state index is 0.445. The van der Waals surface area contributed by atoms with Gasteiger partial charge in [0.05, 0.1) is 0 Å². The van der Waals surface area contributed by atoms with E-state index < -0.39 is 0 Å². The number of nitrogens with zero attached hydrogens (tertiary/aromatic N) is 2. The molecule has 0 saturated heterocycles. The van der Waals surface area contributed by atoms with Gasteiger partial charge >= 0.3 is 0 Å². The monoisotopic (exact) mass is 207 g/mol. The first-order valence-corrected chi connectivity index (χ1v) is 4.50. The lowest BCUT2D eigenvalue weighted by molar-refractivity contribution is 0.750. The second-order valence-electron chi connectivity index (χ2n) is 2.74. The van der Waals surface area contributed by atoms with Crippen molar-refractivity contribution in [1.29, 1.82) is 5.26 Å². The highest BCUT2D eigenvalue weighted by Crippen LogP contribution is 2.03. The maximum atomic E-state index is 8.74. The Bertz CT molecular complexity index is 368. The fourth-order valence-electron chi connectivity index (χ4n) is 1.01. The first-order chi connectivity index (χ1) is 6.74. The van der Waals surface area contributed by atoms with Gasteiger partial charge in [-0.05, 0) is 6.07 Å². The van der Waals surface area contributed by atoms with Gasteiger partial charge in [-0.15, -0.1) is 0 Å². The molecule has 0 fully saturated rings. The van der Waals surface area contributed by atoms with Crippen LogP contribution in [0.25, 0.3) is 0 Å². The van der Waals surface area contributed by atoms with Gasteiger partial charge in [0.15, 0.2) is 0 Å². The first-order valence-electron chi connectivity index (χ1n) is 4.12. The van der Waals surface area contributed by atoms with Crippen molar-refractivity contribution >= 4 is 11.6 Å². The minimum absolute atomic E-state index is 0.445. The molecule has 0 aliphatic rings. The van der Waals surface area contributed by atoms with Crippen LogP contribution in [0.1, 0.15) is 11.3 Å². The molecule has 0 aliphatic carbocycles. The molecule has 3 nitrogen and oxygen atoms in total. The summed E-state index contributed by atoms with van der Waals surface area (Å²) in [6, 6.07) is 5.68. The van der Waals surface area contributed by atoms with E-state index in [4.69, 9.17) is 16.9 Å². The average Bonchev–Trinajstić information content (AvgIpc) is 2.18. The molecule has 72 valence electrons. The molecule has 0 amide bonds. The van der Waals surface area contributed by atoms with Crippen molar-refractivity contribution in [1.82, 2.24) is 10.3 Å². The summed E-state index contributed by atoms with van der Waals surface area (Å²) < 4.78 is 0. The van der Waals surface area contributed by atoms with Gasteiger partial charge in [-0.1, -0.05) is 24.2 Å². The van der Waals surface area contributed by atoms with Crippen molar-refractivity contribution < 1.29 is 0 Å². The number of rotatable bonds is 4. The quantitative estimate of drug-likeness (QED) is 0.819. The predicted octanol–water partition coefficient (Wildman–Crippen LogP) is 1.80. The van der Waals surface area contributed by atoms with Crippen LogP contribution in [-0.4, -0.2) is 11.5 Å². The SMILES string of the molecule is C=C(Cl)CNCc1cccnc1C#N. The van der Waals surface area contributed by atoms with Crippen molar-refractivity contribution in [2.75, 3.05) is 6.54 Å². The summed E-state index contributed by atoms with van der Waals surface area (Å²) in [5.41, 5.74) is 1.31. The zero-order valence-corrected chi connectivity index (χ0v) is 8.38. The fourth-order valence-corrected chi connectivity index (χ4v) is 1.11. The topological polar surface area (TPSA) is 48.7 Å². The van der Waals surface area contributed by atoms with Crippen LogP contribution >= 0.6 is 11.6 Å². The van der Waals surface area contributed by atoms with Gasteiger partial charge in [0.25, 0.3) is 0 Å². The van der Waals surface area contributed by atoms with Crippen molar-refractivity contribution in [3.63, 3.8) is 0 Å². The third kappa shape index (κ3) is 3.17. The molecule has 1 N–H and O–H groups in total. The number of nitriles is 1. The number of halogens is 1. The lowest BCUT2D eigenvalue weighted by atomic mass is 10.2. The van der Waals surface area contributed by atoms with E-state index in [0.29, 0.717) is 23.8 Å². The highest BCUT2D eigenvalue weighted by molar-refractivity contribution is 6.29. The summed E-state index contributed by atoms with van der Waals surface area (Å²) in [5, 5.41) is 12.3. The Kier molecular flexibility index (Phi) is 4.11. The first kappa shape index (κ1) is 10.7. The summed E-state index contributed by atoms with van der Waals surface area (Å²) in [5.74, 6) is 0. The van der Waals surface area contributed by atoms with Crippen LogP contribution in [0.4, 0.5) is 0 Å². The predicted molar refractivity (Wildman–Crippen MR) is 55.7 cm³/mol. The second-order valence-corrected chi connectivity index (χ2v) is 3.28. The van der Waals surface area contributed by atoms with Crippen LogP contribution in [0.3, 0.4) is 0 Å². The van der Waals surface area contributed by atoms with Crippen molar-refractivity contribution in [3.8, 4) is 6.07 Å². The Balaban J connectivity index is 2.59. The molecule has 4 heteroatoms. The zero-order chi connectivity index (χ0) is 10.4. The summed E-state index contributed by atoms with van der Waals surface area (Å²) in [7, 11) is 0. The normalized spacial score (nSPS) is 9.43. The van der Waals surface area contributed by atoms with Crippen molar-refractivity contribution in [2.24, 2.45) is 0 Å². The molecule has 0 unspecified atom stereocenters. The molecular formula is C10H10ClN3. The molecule has 1 aromatic rings. The van der Waals surface area contributed by atoms with E-state index in [2.05, 4.69) is 16.9 Å². The van der Waals surface area contributed by atoms with Crippen LogP contribution in [0.15, 0.2) is 29.9 Å². The lowest BCUT2D eigenvalue weighted by Crippen LogP contribution is -2.15. The van der Waals surface area contributed by atoms with Crippen LogP contribution < -0.4 is 5.32 Å². The van der Waals surface area contributed by atoms with Gasteiger partial charge in [-0.2, -0.15) is 5.26 Å². The Morgan fingerprint density at radius 2 is 2.50 bits per heavy atom. The second kappa shape index (κ2) is 5.38. The number of hydrogen-bond donors (Lipinski definition) is 1. The van der Waals surface area contributed by atoms with E-state index in [-0.39, 0.29) is 0 Å². The molecule has 0 atom stereocenters. The highest BCUT2D eigenvalue weighted by atomic mass is 35.5. The molecule has 0 spiro atoms. The van der Waals surface area contributed by atoms with Crippen LogP contribution in [0, 0.1) is 11.3 Å². The molecule has 1 heterocycles. The van der Waals surface area contributed by atoms with E-state index in [1.807, 2.05) is 12.1 Å². The van der Waals surface area contributed by atoms with Gasteiger partial charge in [-0.25, -0.2) is 4.98 Å². The number of hydrogen-bond acceptors (Lipinski definition) is 3. The van der Waals surface area contributed by atoms with Gasteiger partial charge < -0.3 is 5.32 Å². The van der Waals surface area contributed by atoms with E-state index in [1.54, 1.807) is 12.3 Å². The molecule has 0 bridgehead atoms. The smallest absolute Gasteiger partial charge is 0.144 e. The van der Waals surface area contributed by atoms with Gasteiger partial charge in [0, 0.05) is 29.9 Å². The Morgan fingerprint density at radius 3 is 3.14 bits per heavy atom. The van der Waals surface area contributed by atoms with Crippen LogP contribution in [-0.2, 0) is 6.54 Å². The van der Waals surface area contributed by atoms with E-state index in [9.17, 15) is 0 Å². The maximum absolute atomic E-state index is 8.74. The van der Waals surface area contributed by atoms with Gasteiger partial charge in [-0.3, -0.25) is 0 Å². The molecule has 0 radical (unpaired) electrons. The number of pyridine rings is 1. The largest absolute Gasteiger partial charge is 0.308 e. The molecule has 14 heavy (non-hydrogen) atoms. The third-order valence-electron chi connectivity index (χ3n) is 1.63. The van der Waals surface area contributed by atoms with Crippen molar-refractivity contribution in [3.05, 3.63) is 41.2 Å². The highest BCUT2D eigenvalue weighted by Gasteiger charge is 2.00. The molecule has 0 aliphatic heterocycles. The summed E-state index contributed by atoms with van der Waals surface area (Å²) in [6.07, 6.45) is 1.60. The molecule has 1 rings (SSSR count). The Hall–Kier alpha value is -1.37. The molecule has 0 saturated carbocycles. The lowest BCUT2D eigenvalue weighted by Gasteiger charge is -2.03. The Labute approximate surface area is 88.0 Å². The van der Waals surface area contributed by atoms with E-state index in [1.165, 1.54) is 0 Å². The van der Waals surface area contributed by atoms with Gasteiger partial charge in [0.2, 0.25) is 0 Å². The summed E-state index contributed by atoms with van der Waals surface area (Å²) in [4.78, 5) is 3.94. The zero-order valence-electron chi connectivity index (χ0n) is 7.63. The maximum Gasteiger partial charge on any atom is 0.144 e. The Morgan fingerprint density at radius 1 is 1.71 bits per heavy atom. The molecule has 0 aromatic carbocycles.